The first-order valence-corrected chi connectivity index (χ1v) is 11.4. The maximum atomic E-state index is 12.8. The lowest BCUT2D eigenvalue weighted by Gasteiger charge is -2.20. The zero-order chi connectivity index (χ0) is 21.4. The molecule has 4 rings (SSSR count). The van der Waals surface area contributed by atoms with Crippen molar-refractivity contribution < 1.29 is 4.79 Å². The highest BCUT2D eigenvalue weighted by Crippen LogP contribution is 2.37. The zero-order valence-electron chi connectivity index (χ0n) is 17.7. The largest absolute Gasteiger partial charge is 0.350 e. The number of carbonyl (C=O) groups excluding carboxylic acids is 1. The summed E-state index contributed by atoms with van der Waals surface area (Å²) < 4.78 is 0. The van der Waals surface area contributed by atoms with E-state index in [1.807, 2.05) is 61.5 Å². The summed E-state index contributed by atoms with van der Waals surface area (Å²) in [4.78, 5) is 27.6. The molecule has 5 nitrogen and oxygen atoms in total. The van der Waals surface area contributed by atoms with Gasteiger partial charge < -0.3 is 10.2 Å². The van der Waals surface area contributed by atoms with Crippen LogP contribution in [0.15, 0.2) is 35.7 Å². The second-order valence-corrected chi connectivity index (χ2v) is 9.61. The summed E-state index contributed by atoms with van der Waals surface area (Å²) in [6, 6.07) is 9.96. The van der Waals surface area contributed by atoms with Crippen LogP contribution >= 0.6 is 22.7 Å². The fourth-order valence-corrected chi connectivity index (χ4v) is 5.07. The Labute approximate surface area is 184 Å². The number of rotatable bonds is 5. The van der Waals surface area contributed by atoms with Crippen molar-refractivity contribution in [2.75, 3.05) is 23.8 Å². The number of nitrogens with zero attached hydrogens (tertiary/aromatic N) is 3. The van der Waals surface area contributed by atoms with Gasteiger partial charge in [0.15, 0.2) is 5.82 Å². The highest BCUT2D eigenvalue weighted by Gasteiger charge is 2.20. The molecule has 1 N–H and O–H groups in total. The van der Waals surface area contributed by atoms with E-state index in [1.54, 1.807) is 22.7 Å². The lowest BCUT2D eigenvalue weighted by molar-refractivity contribution is -0.114. The van der Waals surface area contributed by atoms with Gasteiger partial charge in [0.25, 0.3) is 0 Å². The molecule has 0 aliphatic carbocycles. The van der Waals surface area contributed by atoms with Crippen molar-refractivity contribution >= 4 is 50.3 Å². The van der Waals surface area contributed by atoms with Crippen molar-refractivity contribution in [3.05, 3.63) is 57.3 Å². The number of carbonyl (C=O) groups is 1. The molecule has 0 fully saturated rings. The molecular formula is C23H24N4OS2. The fourth-order valence-electron chi connectivity index (χ4n) is 3.39. The number of hydrogen-bond donors (Lipinski definition) is 1. The molecule has 0 unspecified atom stereocenters. The van der Waals surface area contributed by atoms with Gasteiger partial charge in [0, 0.05) is 17.6 Å². The average Bonchev–Trinajstić information content (AvgIpc) is 3.33. The first-order valence-electron chi connectivity index (χ1n) is 9.74. The number of nitrogens with one attached hydrogen (secondary N) is 1. The van der Waals surface area contributed by atoms with Crippen LogP contribution < -0.4 is 10.2 Å². The van der Waals surface area contributed by atoms with Crippen molar-refractivity contribution in [3.8, 4) is 10.7 Å². The number of aromatic nitrogens is 2. The van der Waals surface area contributed by atoms with Gasteiger partial charge in [-0.1, -0.05) is 18.2 Å². The second-order valence-electron chi connectivity index (χ2n) is 7.46. The van der Waals surface area contributed by atoms with Crippen LogP contribution in [0.5, 0.6) is 0 Å². The van der Waals surface area contributed by atoms with E-state index in [4.69, 9.17) is 9.97 Å². The number of likely N-dealkylation sites (N-methyl/N-ethyl adjacent to an activating group) is 1. The molecule has 0 aliphatic heterocycles. The van der Waals surface area contributed by atoms with Gasteiger partial charge in [-0.15, -0.1) is 22.7 Å². The number of fused-ring (bicyclic) bond motifs is 1. The van der Waals surface area contributed by atoms with Gasteiger partial charge in [0.05, 0.1) is 16.8 Å². The molecule has 4 aromatic rings. The van der Waals surface area contributed by atoms with Gasteiger partial charge in [-0.2, -0.15) is 0 Å². The van der Waals surface area contributed by atoms with E-state index < -0.39 is 0 Å². The normalized spacial score (nSPS) is 11.1. The lowest BCUT2D eigenvalue weighted by atomic mass is 10.1. The summed E-state index contributed by atoms with van der Waals surface area (Å²) in [7, 11) is 1.91. The molecule has 0 radical (unpaired) electrons. The van der Waals surface area contributed by atoms with Gasteiger partial charge in [0.2, 0.25) is 5.91 Å². The molecule has 1 aromatic carbocycles. The van der Waals surface area contributed by atoms with Gasteiger partial charge in [-0.25, -0.2) is 9.97 Å². The molecule has 7 heteroatoms. The van der Waals surface area contributed by atoms with Crippen LogP contribution in [-0.2, 0) is 4.79 Å². The molecule has 1 amide bonds. The Bertz CT molecular complexity index is 1230. The van der Waals surface area contributed by atoms with Gasteiger partial charge in [-0.3, -0.25) is 4.79 Å². The van der Waals surface area contributed by atoms with Crippen LogP contribution in [0.3, 0.4) is 0 Å². The van der Waals surface area contributed by atoms with Crippen molar-refractivity contribution in [2.45, 2.75) is 27.7 Å². The number of amides is 1. The topological polar surface area (TPSA) is 58.1 Å². The molecule has 0 atom stereocenters. The maximum Gasteiger partial charge on any atom is 0.243 e. The Morgan fingerprint density at radius 3 is 2.60 bits per heavy atom. The van der Waals surface area contributed by atoms with E-state index in [2.05, 4.69) is 19.2 Å². The van der Waals surface area contributed by atoms with Crippen LogP contribution in [0.4, 0.5) is 11.5 Å². The maximum absolute atomic E-state index is 12.8. The Balaban J connectivity index is 1.67. The zero-order valence-corrected chi connectivity index (χ0v) is 19.4. The van der Waals surface area contributed by atoms with Crippen molar-refractivity contribution in [2.24, 2.45) is 0 Å². The molecule has 3 heterocycles. The average molecular weight is 437 g/mol. The van der Waals surface area contributed by atoms with Gasteiger partial charge in [0.1, 0.15) is 10.6 Å². The molecule has 0 aliphatic rings. The third-order valence-corrected chi connectivity index (χ3v) is 7.34. The van der Waals surface area contributed by atoms with E-state index in [1.165, 1.54) is 10.4 Å². The Morgan fingerprint density at radius 2 is 1.87 bits per heavy atom. The minimum Gasteiger partial charge on any atom is -0.350 e. The summed E-state index contributed by atoms with van der Waals surface area (Å²) in [5.74, 6) is 1.43. The summed E-state index contributed by atoms with van der Waals surface area (Å²) in [5, 5.41) is 6.09. The number of thiophene rings is 2. The first kappa shape index (κ1) is 20.5. The van der Waals surface area contributed by atoms with E-state index >= 15 is 0 Å². The smallest absolute Gasteiger partial charge is 0.243 e. The molecule has 0 saturated carbocycles. The predicted molar refractivity (Wildman–Crippen MR) is 128 cm³/mol. The minimum absolute atomic E-state index is 0.0692. The van der Waals surface area contributed by atoms with Crippen molar-refractivity contribution in [3.63, 3.8) is 0 Å². The lowest BCUT2D eigenvalue weighted by Crippen LogP contribution is -2.31. The summed E-state index contributed by atoms with van der Waals surface area (Å²) in [6.07, 6.45) is 0. The quantitative estimate of drug-likeness (QED) is 0.434. The third-order valence-electron chi connectivity index (χ3n) is 5.37. The number of hydrogen-bond acceptors (Lipinski definition) is 6. The predicted octanol–water partition coefficient (Wildman–Crippen LogP) is 5.73. The highest BCUT2D eigenvalue weighted by atomic mass is 32.1. The van der Waals surface area contributed by atoms with E-state index in [9.17, 15) is 4.79 Å². The number of anilines is 2. The SMILES string of the molecule is Cc1cccc(NC(=O)CN(C)c2nc(-c3cccs3)nc3sc(C)c(C)c23)c1C. The van der Waals surface area contributed by atoms with Gasteiger partial charge >= 0.3 is 0 Å². The summed E-state index contributed by atoms with van der Waals surface area (Å²) >= 11 is 3.29. The Kier molecular flexibility index (Phi) is 5.58. The molecule has 0 spiro atoms. The standard InChI is InChI=1S/C23H24N4OS2/c1-13-8-6-9-17(14(13)2)24-19(28)12-27(5)22-20-15(3)16(4)30-23(20)26-21(25-22)18-10-7-11-29-18/h6-11H,12H2,1-5H3,(H,24,28). The summed E-state index contributed by atoms with van der Waals surface area (Å²) in [6.45, 7) is 8.47. The minimum atomic E-state index is -0.0692. The third kappa shape index (κ3) is 3.82. The fraction of sp³-hybridized carbons (Fsp3) is 0.261. The van der Waals surface area contributed by atoms with Gasteiger partial charge in [-0.05, 0) is 61.9 Å². The second kappa shape index (κ2) is 8.16. The monoisotopic (exact) mass is 436 g/mol. The van der Waals surface area contributed by atoms with Crippen LogP contribution in [0.1, 0.15) is 21.6 Å². The van der Waals surface area contributed by atoms with Crippen molar-refractivity contribution in [1.29, 1.82) is 0 Å². The molecular weight excluding hydrogens is 412 g/mol. The first-order chi connectivity index (χ1) is 14.3. The molecule has 30 heavy (non-hydrogen) atoms. The van der Waals surface area contributed by atoms with E-state index in [-0.39, 0.29) is 12.5 Å². The Hall–Kier alpha value is -2.77. The number of benzene rings is 1. The van der Waals surface area contributed by atoms with Crippen LogP contribution in [-0.4, -0.2) is 29.5 Å². The highest BCUT2D eigenvalue weighted by molar-refractivity contribution is 7.19. The molecule has 0 saturated heterocycles. The van der Waals surface area contributed by atoms with Crippen LogP contribution in [0, 0.1) is 27.7 Å². The molecule has 154 valence electrons. The number of aryl methyl sites for hydroxylation is 3. The van der Waals surface area contributed by atoms with Crippen LogP contribution in [0.2, 0.25) is 0 Å². The summed E-state index contributed by atoms with van der Waals surface area (Å²) in [5.41, 5.74) is 4.26. The van der Waals surface area contributed by atoms with E-state index in [0.717, 1.165) is 37.7 Å². The van der Waals surface area contributed by atoms with Crippen molar-refractivity contribution in [1.82, 2.24) is 9.97 Å². The van der Waals surface area contributed by atoms with E-state index in [0.29, 0.717) is 5.82 Å². The molecule has 0 bridgehead atoms. The van der Waals surface area contributed by atoms with Crippen LogP contribution in [0.25, 0.3) is 20.9 Å². The molecule has 3 aromatic heterocycles. The Morgan fingerprint density at radius 1 is 1.07 bits per heavy atom.